The number of hydrogen-bond donors (Lipinski definition) is 3. The quantitative estimate of drug-likeness (QED) is 0.601. The van der Waals surface area contributed by atoms with Gasteiger partial charge < -0.3 is 20.2 Å². The van der Waals surface area contributed by atoms with Crippen molar-refractivity contribution in [2.75, 3.05) is 6.54 Å². The van der Waals surface area contributed by atoms with Gasteiger partial charge in [0.1, 0.15) is 5.56 Å². The van der Waals surface area contributed by atoms with Crippen molar-refractivity contribution >= 4 is 34.6 Å². The van der Waals surface area contributed by atoms with E-state index in [-0.39, 0.29) is 30.0 Å². The second-order valence-corrected chi connectivity index (χ2v) is 7.38. The van der Waals surface area contributed by atoms with E-state index in [0.29, 0.717) is 34.5 Å². The molecule has 7 nitrogen and oxygen atoms in total. The third-order valence-electron chi connectivity index (χ3n) is 5.18. The minimum absolute atomic E-state index is 0.124. The van der Waals surface area contributed by atoms with Gasteiger partial charge in [-0.05, 0) is 29.7 Å². The molecule has 0 aliphatic carbocycles. The van der Waals surface area contributed by atoms with Gasteiger partial charge in [-0.25, -0.2) is 14.6 Å². The van der Waals surface area contributed by atoms with Crippen LogP contribution in [0.3, 0.4) is 0 Å². The Labute approximate surface area is 170 Å². The van der Waals surface area contributed by atoms with Crippen LogP contribution >= 0.6 is 11.6 Å². The van der Waals surface area contributed by atoms with Crippen molar-refractivity contribution in [2.45, 2.75) is 19.4 Å². The lowest BCUT2D eigenvalue weighted by molar-refractivity contribution is 0.0695. The van der Waals surface area contributed by atoms with E-state index in [1.807, 2.05) is 0 Å². The molecular formula is C21H17ClN2O5. The minimum atomic E-state index is -1.27. The van der Waals surface area contributed by atoms with Gasteiger partial charge in [-0.1, -0.05) is 35.9 Å². The van der Waals surface area contributed by atoms with Crippen LogP contribution in [0.15, 0.2) is 36.4 Å². The zero-order valence-corrected chi connectivity index (χ0v) is 16.0. The van der Waals surface area contributed by atoms with E-state index in [4.69, 9.17) is 11.6 Å². The predicted molar refractivity (Wildman–Crippen MR) is 107 cm³/mol. The first kappa shape index (κ1) is 19.0. The highest BCUT2D eigenvalue weighted by Gasteiger charge is 2.26. The smallest absolute Gasteiger partial charge is 0.407 e. The minimum Gasteiger partial charge on any atom is -0.505 e. The molecule has 8 heteroatoms. The topological polar surface area (TPSA) is 111 Å². The van der Waals surface area contributed by atoms with Crippen LogP contribution in [0.1, 0.15) is 32.7 Å². The molecular weight excluding hydrogens is 396 g/mol. The van der Waals surface area contributed by atoms with Crippen LogP contribution in [0.2, 0.25) is 5.02 Å². The number of aromatic hydroxyl groups is 1. The summed E-state index contributed by atoms with van der Waals surface area (Å²) in [5.74, 6) is -1.65. The molecule has 1 aliphatic heterocycles. The van der Waals surface area contributed by atoms with Crippen molar-refractivity contribution in [3.8, 4) is 5.75 Å². The lowest BCUT2D eigenvalue weighted by Crippen LogP contribution is -2.35. The van der Waals surface area contributed by atoms with Gasteiger partial charge in [-0.3, -0.25) is 0 Å². The summed E-state index contributed by atoms with van der Waals surface area (Å²) >= 11 is 5.91. The summed E-state index contributed by atoms with van der Waals surface area (Å²) in [7, 11) is 0. The number of carboxylic acid groups (broad SMARTS) is 2. The number of hydrogen-bond acceptors (Lipinski definition) is 4. The first-order valence-electron chi connectivity index (χ1n) is 8.97. The van der Waals surface area contributed by atoms with Crippen molar-refractivity contribution in [3.05, 3.63) is 69.4 Å². The SMILES string of the molecule is O=C(O)c1c(O)c(Cc2ccc(Cl)cc2)nc2c3c(ccc12)CCN(C(=O)O)C3. The van der Waals surface area contributed by atoms with E-state index in [2.05, 4.69) is 4.98 Å². The number of rotatable bonds is 3. The van der Waals surface area contributed by atoms with Crippen molar-refractivity contribution < 1.29 is 24.9 Å². The number of amides is 1. The summed E-state index contributed by atoms with van der Waals surface area (Å²) in [6.07, 6.45) is -0.299. The number of aromatic nitrogens is 1. The lowest BCUT2D eigenvalue weighted by Gasteiger charge is -2.27. The van der Waals surface area contributed by atoms with Crippen LogP contribution in [0.5, 0.6) is 5.75 Å². The molecule has 0 fully saturated rings. The van der Waals surface area contributed by atoms with Gasteiger partial charge in [0, 0.05) is 28.9 Å². The molecule has 0 bridgehead atoms. The Morgan fingerprint density at radius 2 is 1.83 bits per heavy atom. The Morgan fingerprint density at radius 3 is 2.48 bits per heavy atom. The number of halogens is 1. The fourth-order valence-corrected chi connectivity index (χ4v) is 3.83. The molecule has 0 spiro atoms. The molecule has 1 aromatic heterocycles. The molecule has 3 N–H and O–H groups in total. The average Bonchev–Trinajstić information content (AvgIpc) is 2.69. The monoisotopic (exact) mass is 412 g/mol. The van der Waals surface area contributed by atoms with Crippen LogP contribution in [0.4, 0.5) is 4.79 Å². The highest BCUT2D eigenvalue weighted by molar-refractivity contribution is 6.30. The van der Waals surface area contributed by atoms with E-state index in [9.17, 15) is 24.9 Å². The number of fused-ring (bicyclic) bond motifs is 3. The lowest BCUT2D eigenvalue weighted by atomic mass is 9.93. The van der Waals surface area contributed by atoms with Crippen molar-refractivity contribution in [2.24, 2.45) is 0 Å². The van der Waals surface area contributed by atoms with E-state index in [0.717, 1.165) is 11.1 Å². The molecule has 148 valence electrons. The normalized spacial score (nSPS) is 13.3. The number of carbonyl (C=O) groups is 2. The van der Waals surface area contributed by atoms with Crippen LogP contribution < -0.4 is 0 Å². The molecule has 29 heavy (non-hydrogen) atoms. The van der Waals surface area contributed by atoms with Crippen molar-refractivity contribution in [1.82, 2.24) is 9.88 Å². The molecule has 0 atom stereocenters. The van der Waals surface area contributed by atoms with Crippen LogP contribution in [-0.4, -0.2) is 43.8 Å². The van der Waals surface area contributed by atoms with Gasteiger partial charge in [0.2, 0.25) is 0 Å². The molecule has 1 amide bonds. The number of carboxylic acids is 1. The van der Waals surface area contributed by atoms with Gasteiger partial charge in [0.15, 0.2) is 5.75 Å². The number of pyridine rings is 1. The number of aromatic carboxylic acids is 1. The Hall–Kier alpha value is -3.32. The molecule has 1 aliphatic rings. The Balaban J connectivity index is 1.91. The molecule has 2 aromatic carbocycles. The summed E-state index contributed by atoms with van der Waals surface area (Å²) < 4.78 is 0. The molecule has 0 radical (unpaired) electrons. The molecule has 0 saturated heterocycles. The number of benzene rings is 2. The zero-order valence-electron chi connectivity index (χ0n) is 15.2. The summed E-state index contributed by atoms with van der Waals surface area (Å²) in [6, 6.07) is 10.4. The molecule has 3 aromatic rings. The highest BCUT2D eigenvalue weighted by atomic mass is 35.5. The standard InChI is InChI=1S/C21H17ClN2O5/c22-13-4-1-11(2-5-13)9-16-19(25)17(20(26)27)14-6-3-12-7-8-24(21(28)29)10-15(12)18(14)23-16/h1-6,25H,7-10H2,(H,26,27)(H,28,29). The van der Waals surface area contributed by atoms with Gasteiger partial charge in [0.05, 0.1) is 17.8 Å². The number of nitrogens with zero attached hydrogens (tertiary/aromatic N) is 2. The van der Waals surface area contributed by atoms with Gasteiger partial charge in [0.25, 0.3) is 0 Å². The Bertz CT molecular complexity index is 1140. The van der Waals surface area contributed by atoms with Crippen LogP contribution in [0, 0.1) is 0 Å². The maximum atomic E-state index is 11.9. The third kappa shape index (κ3) is 3.45. The van der Waals surface area contributed by atoms with Gasteiger partial charge >= 0.3 is 12.1 Å². The summed E-state index contributed by atoms with van der Waals surface area (Å²) in [4.78, 5) is 29.2. The summed E-state index contributed by atoms with van der Waals surface area (Å²) in [5, 5.41) is 30.6. The van der Waals surface area contributed by atoms with Crippen molar-refractivity contribution in [3.63, 3.8) is 0 Å². The van der Waals surface area contributed by atoms with Crippen molar-refractivity contribution in [1.29, 1.82) is 0 Å². The zero-order chi connectivity index (χ0) is 20.7. The van der Waals surface area contributed by atoms with E-state index in [1.54, 1.807) is 36.4 Å². The van der Waals surface area contributed by atoms with Crippen LogP contribution in [-0.2, 0) is 19.4 Å². The second kappa shape index (κ2) is 7.25. The summed E-state index contributed by atoms with van der Waals surface area (Å²) in [5.41, 5.74) is 2.82. The van der Waals surface area contributed by atoms with Crippen LogP contribution in [0.25, 0.3) is 10.9 Å². The largest absolute Gasteiger partial charge is 0.505 e. The van der Waals surface area contributed by atoms with E-state index < -0.39 is 12.1 Å². The molecule has 0 unspecified atom stereocenters. The Morgan fingerprint density at radius 1 is 1.10 bits per heavy atom. The Kier molecular flexibility index (Phi) is 4.76. The maximum Gasteiger partial charge on any atom is 0.407 e. The fourth-order valence-electron chi connectivity index (χ4n) is 3.70. The molecule has 4 rings (SSSR count). The van der Waals surface area contributed by atoms with E-state index in [1.165, 1.54) is 4.90 Å². The first-order chi connectivity index (χ1) is 13.8. The highest BCUT2D eigenvalue weighted by Crippen LogP contribution is 2.35. The molecule has 0 saturated carbocycles. The third-order valence-corrected chi connectivity index (χ3v) is 5.43. The summed E-state index contributed by atoms with van der Waals surface area (Å²) in [6.45, 7) is 0.495. The second-order valence-electron chi connectivity index (χ2n) is 6.94. The van der Waals surface area contributed by atoms with Gasteiger partial charge in [-0.2, -0.15) is 0 Å². The van der Waals surface area contributed by atoms with Gasteiger partial charge in [-0.15, -0.1) is 0 Å². The molecule has 2 heterocycles. The maximum absolute atomic E-state index is 11.9. The average molecular weight is 413 g/mol. The predicted octanol–water partition coefficient (Wildman–Crippen LogP) is 3.92. The first-order valence-corrected chi connectivity index (χ1v) is 9.35. The fraction of sp³-hybridized carbons (Fsp3) is 0.190. The van der Waals surface area contributed by atoms with E-state index >= 15 is 0 Å².